The first-order valence-corrected chi connectivity index (χ1v) is 3.84. The van der Waals surface area contributed by atoms with Crippen LogP contribution >= 0.6 is 0 Å². The minimum Gasteiger partial charge on any atom is -0.330 e. The van der Waals surface area contributed by atoms with Crippen LogP contribution in [-0.2, 0) is 0 Å². The van der Waals surface area contributed by atoms with Crippen molar-refractivity contribution in [1.29, 1.82) is 0 Å². The van der Waals surface area contributed by atoms with Crippen LogP contribution in [0.3, 0.4) is 0 Å². The smallest absolute Gasteiger partial charge is 0.0695 e. The first kappa shape index (κ1) is 12.6. The fraction of sp³-hybridized carbons (Fsp3) is 1.00. The molecule has 0 aliphatic heterocycles. The van der Waals surface area contributed by atoms with Gasteiger partial charge in [0.2, 0.25) is 0 Å². The van der Waals surface area contributed by atoms with Crippen LogP contribution in [0.15, 0.2) is 0 Å². The number of nitrogens with two attached hydrogens (primary N) is 2. The molecule has 0 aliphatic carbocycles. The van der Waals surface area contributed by atoms with E-state index in [2.05, 4.69) is 6.92 Å². The van der Waals surface area contributed by atoms with E-state index in [4.69, 9.17) is 19.3 Å². The highest BCUT2D eigenvalue weighted by atomic mass is 14.6. The molecule has 0 aliphatic rings. The van der Waals surface area contributed by atoms with E-state index in [9.17, 15) is 0 Å². The van der Waals surface area contributed by atoms with Crippen molar-refractivity contribution < 1.29 is 0 Å². The highest BCUT2D eigenvalue weighted by Crippen LogP contribution is 1.97. The van der Waals surface area contributed by atoms with Gasteiger partial charge >= 0.3 is 0 Å². The summed E-state index contributed by atoms with van der Waals surface area (Å²) in [6, 6.07) is 0. The molecule has 4 N–H and O–H groups in total. The van der Waals surface area contributed by atoms with Crippen molar-refractivity contribution in [2.45, 2.75) is 32.5 Å². The number of hydrogen-bond acceptors (Lipinski definition) is 2. The van der Waals surface area contributed by atoms with Crippen LogP contribution in [-0.4, -0.2) is 20.9 Å². The molecule has 0 aromatic carbocycles. The summed E-state index contributed by atoms with van der Waals surface area (Å²) in [5, 5.41) is 0. The van der Waals surface area contributed by atoms with Gasteiger partial charge in [-0.1, -0.05) is 26.1 Å². The third kappa shape index (κ3) is 24.5. The molecule has 2 radical (unpaired) electrons. The Labute approximate surface area is 65.8 Å². The Kier molecular flexibility index (Phi) is 14.8. The molecule has 1 unspecified atom stereocenters. The molecule has 2 nitrogen and oxygen atoms in total. The molecule has 1 atom stereocenters. The Morgan fingerprint density at radius 2 is 1.60 bits per heavy atom. The van der Waals surface area contributed by atoms with Crippen LogP contribution in [0.5, 0.6) is 0 Å². The third-order valence-electron chi connectivity index (χ3n) is 1.05. The highest BCUT2D eigenvalue weighted by molar-refractivity contribution is 6.11. The van der Waals surface area contributed by atoms with Crippen LogP contribution in [0.25, 0.3) is 0 Å². The molecule has 0 aromatic rings. The molecule has 0 saturated heterocycles. The van der Waals surface area contributed by atoms with Crippen molar-refractivity contribution in [3.8, 4) is 0 Å². The summed E-state index contributed by atoms with van der Waals surface area (Å²) >= 11 is 0. The first-order chi connectivity index (χ1) is 4.68. The van der Waals surface area contributed by atoms with E-state index in [-0.39, 0.29) is 0 Å². The molecule has 0 spiro atoms. The summed E-state index contributed by atoms with van der Waals surface area (Å²) < 4.78 is 0. The Bertz CT molecular complexity index is 46.9. The lowest BCUT2D eigenvalue weighted by atomic mass is 9.88. The van der Waals surface area contributed by atoms with Gasteiger partial charge in [0, 0.05) is 0 Å². The second-order valence-corrected chi connectivity index (χ2v) is 2.32. The van der Waals surface area contributed by atoms with Gasteiger partial charge in [0.25, 0.3) is 0 Å². The predicted molar refractivity (Wildman–Crippen MR) is 48.2 cm³/mol. The average Bonchev–Trinajstić information content (AvgIpc) is 1.91. The van der Waals surface area contributed by atoms with E-state index >= 15 is 0 Å². The fourth-order valence-corrected chi connectivity index (χ4v) is 0.118. The van der Waals surface area contributed by atoms with Gasteiger partial charge in [-0.25, -0.2) is 0 Å². The molecule has 0 heterocycles. The van der Waals surface area contributed by atoms with Gasteiger partial charge in [0.1, 0.15) is 0 Å². The van der Waals surface area contributed by atoms with E-state index in [0.29, 0.717) is 5.82 Å². The van der Waals surface area contributed by atoms with Crippen molar-refractivity contribution in [2.75, 3.05) is 13.1 Å². The lowest BCUT2D eigenvalue weighted by molar-refractivity contribution is 0.844. The second kappa shape index (κ2) is 11.7. The van der Waals surface area contributed by atoms with E-state index < -0.39 is 0 Å². The summed E-state index contributed by atoms with van der Waals surface area (Å²) in [5.74, 6) is 0.384. The zero-order valence-corrected chi connectivity index (χ0v) is 7.14. The molecule has 3 heteroatoms. The van der Waals surface area contributed by atoms with Crippen LogP contribution in [0, 0.1) is 0 Å². The van der Waals surface area contributed by atoms with E-state index in [1.54, 1.807) is 0 Å². The SMILES string of the molecule is NCCCN.[B]C(C)CC. The molecular weight excluding hydrogens is 123 g/mol. The van der Waals surface area contributed by atoms with Crippen LogP contribution in [0.2, 0.25) is 5.82 Å². The highest BCUT2D eigenvalue weighted by Gasteiger charge is 1.80. The molecule has 0 aromatic heterocycles. The van der Waals surface area contributed by atoms with Gasteiger partial charge < -0.3 is 11.5 Å². The Balaban J connectivity index is 0. The minimum atomic E-state index is 0.384. The molecule has 60 valence electrons. The zero-order valence-electron chi connectivity index (χ0n) is 7.14. The van der Waals surface area contributed by atoms with Gasteiger partial charge in [0.05, 0.1) is 7.85 Å². The van der Waals surface area contributed by atoms with Crippen LogP contribution in [0.1, 0.15) is 26.7 Å². The van der Waals surface area contributed by atoms with E-state index in [1.807, 2.05) is 6.92 Å². The maximum Gasteiger partial charge on any atom is 0.0695 e. The Hall–Kier alpha value is -0.0151. The Morgan fingerprint density at radius 3 is 1.60 bits per heavy atom. The van der Waals surface area contributed by atoms with Crippen molar-refractivity contribution in [3.63, 3.8) is 0 Å². The van der Waals surface area contributed by atoms with Crippen molar-refractivity contribution in [1.82, 2.24) is 0 Å². The standard InChI is InChI=1S/C4H9B.C3H10N2/c1-3-4(2)5;4-2-1-3-5/h4H,3H2,1-2H3;1-5H2. The van der Waals surface area contributed by atoms with E-state index in [1.165, 1.54) is 0 Å². The normalized spacial score (nSPS) is 11.6. The molecular formula is C7H19BN2. The molecule has 0 fully saturated rings. The van der Waals surface area contributed by atoms with Crippen LogP contribution < -0.4 is 11.5 Å². The molecule has 0 bridgehead atoms. The molecule has 0 amide bonds. The van der Waals surface area contributed by atoms with Crippen molar-refractivity contribution in [2.24, 2.45) is 11.5 Å². The summed E-state index contributed by atoms with van der Waals surface area (Å²) in [4.78, 5) is 0. The molecule has 10 heavy (non-hydrogen) atoms. The van der Waals surface area contributed by atoms with Gasteiger partial charge in [-0.2, -0.15) is 0 Å². The summed E-state index contributed by atoms with van der Waals surface area (Å²) in [6.45, 7) is 5.51. The molecule has 0 rings (SSSR count). The average molecular weight is 142 g/mol. The predicted octanol–water partition coefficient (Wildman–Crippen LogP) is 0.667. The number of rotatable bonds is 3. The van der Waals surface area contributed by atoms with Crippen molar-refractivity contribution in [3.05, 3.63) is 0 Å². The van der Waals surface area contributed by atoms with Crippen LogP contribution in [0.4, 0.5) is 0 Å². The first-order valence-electron chi connectivity index (χ1n) is 3.84. The number of hydrogen-bond donors (Lipinski definition) is 2. The topological polar surface area (TPSA) is 52.0 Å². The second-order valence-electron chi connectivity index (χ2n) is 2.32. The van der Waals surface area contributed by atoms with E-state index in [0.717, 1.165) is 25.9 Å². The van der Waals surface area contributed by atoms with Crippen molar-refractivity contribution >= 4 is 7.85 Å². The van der Waals surface area contributed by atoms with Gasteiger partial charge in [0.15, 0.2) is 0 Å². The summed E-state index contributed by atoms with van der Waals surface area (Å²) in [6.07, 6.45) is 2.03. The molecule has 0 saturated carbocycles. The Morgan fingerprint density at radius 1 is 1.30 bits per heavy atom. The van der Waals surface area contributed by atoms with Gasteiger partial charge in [-0.3, -0.25) is 0 Å². The lowest BCUT2D eigenvalue weighted by Gasteiger charge is -1.90. The minimum absolute atomic E-state index is 0.384. The summed E-state index contributed by atoms with van der Waals surface area (Å²) in [7, 11) is 5.29. The summed E-state index contributed by atoms with van der Waals surface area (Å²) in [5.41, 5.74) is 10.1. The maximum atomic E-state index is 5.29. The fourth-order valence-electron chi connectivity index (χ4n) is 0.118. The third-order valence-corrected chi connectivity index (χ3v) is 1.05. The quantitative estimate of drug-likeness (QED) is 0.569. The largest absolute Gasteiger partial charge is 0.330 e. The zero-order chi connectivity index (χ0) is 8.41. The maximum absolute atomic E-state index is 5.29. The van der Waals surface area contributed by atoms with Gasteiger partial charge in [-0.05, 0) is 19.5 Å². The van der Waals surface area contributed by atoms with Gasteiger partial charge in [-0.15, -0.1) is 0 Å². The lowest BCUT2D eigenvalue weighted by Crippen LogP contribution is -2.06. The monoisotopic (exact) mass is 142 g/mol.